The summed E-state index contributed by atoms with van der Waals surface area (Å²) in [6.45, 7) is 1.75. The van der Waals surface area contributed by atoms with Gasteiger partial charge in [-0.3, -0.25) is 4.79 Å². The fourth-order valence-corrected chi connectivity index (χ4v) is 2.24. The minimum Gasteiger partial charge on any atom is -0.467 e. The van der Waals surface area contributed by atoms with Gasteiger partial charge in [-0.25, -0.2) is 0 Å². The van der Waals surface area contributed by atoms with Gasteiger partial charge in [-0.05, 0) is 55.1 Å². The minimum absolute atomic E-state index is 0.0399. The van der Waals surface area contributed by atoms with E-state index < -0.39 is 5.51 Å². The molecule has 7 heteroatoms. The van der Waals surface area contributed by atoms with Crippen LogP contribution in [0.4, 0.5) is 13.2 Å². The normalized spacial score (nSPS) is 13.0. The maximum Gasteiger partial charge on any atom is 0.446 e. The molecule has 0 fully saturated rings. The fourth-order valence-electron chi connectivity index (χ4n) is 1.70. The second kappa shape index (κ2) is 6.26. The molecule has 0 spiro atoms. The van der Waals surface area contributed by atoms with Crippen molar-refractivity contribution in [3.63, 3.8) is 0 Å². The molecule has 112 valence electrons. The second-order valence-corrected chi connectivity index (χ2v) is 5.42. The van der Waals surface area contributed by atoms with E-state index in [2.05, 4.69) is 5.32 Å². The summed E-state index contributed by atoms with van der Waals surface area (Å²) in [6.07, 6.45) is 1.50. The maximum atomic E-state index is 12.2. The Hall–Kier alpha value is -1.89. The Morgan fingerprint density at radius 1 is 1.24 bits per heavy atom. The number of alkyl halides is 3. The molecule has 0 saturated heterocycles. The lowest BCUT2D eigenvalue weighted by Crippen LogP contribution is -2.26. The number of hydrogen-bond donors (Lipinski definition) is 1. The molecule has 0 radical (unpaired) electrons. The van der Waals surface area contributed by atoms with Crippen molar-refractivity contribution in [2.75, 3.05) is 0 Å². The smallest absolute Gasteiger partial charge is 0.446 e. The van der Waals surface area contributed by atoms with E-state index in [-0.39, 0.29) is 28.6 Å². The molecular formula is C14H12F3NO2S. The molecule has 0 aliphatic carbocycles. The molecule has 0 aliphatic heterocycles. The average molecular weight is 315 g/mol. The number of thioether (sulfide) groups is 1. The summed E-state index contributed by atoms with van der Waals surface area (Å²) in [5, 5.41) is 2.70. The molecule has 1 N–H and O–H groups in total. The van der Waals surface area contributed by atoms with Crippen molar-refractivity contribution >= 4 is 17.7 Å². The number of benzene rings is 1. The van der Waals surface area contributed by atoms with E-state index in [0.717, 1.165) is 0 Å². The molecule has 0 bridgehead atoms. The number of halogens is 3. The number of nitrogens with one attached hydrogen (secondary N) is 1. The molecule has 1 atom stereocenters. The van der Waals surface area contributed by atoms with Crippen LogP contribution in [0.2, 0.25) is 0 Å². The van der Waals surface area contributed by atoms with Crippen molar-refractivity contribution in [2.24, 2.45) is 0 Å². The van der Waals surface area contributed by atoms with Gasteiger partial charge in [0, 0.05) is 10.5 Å². The predicted molar refractivity (Wildman–Crippen MR) is 72.9 cm³/mol. The topological polar surface area (TPSA) is 42.2 Å². The average Bonchev–Trinajstić information content (AvgIpc) is 2.91. The molecule has 2 aromatic rings. The Morgan fingerprint density at radius 3 is 2.43 bits per heavy atom. The van der Waals surface area contributed by atoms with Gasteiger partial charge in [-0.15, -0.1) is 0 Å². The lowest BCUT2D eigenvalue weighted by Gasteiger charge is -2.12. The van der Waals surface area contributed by atoms with Crippen molar-refractivity contribution < 1.29 is 22.4 Å². The van der Waals surface area contributed by atoms with Crippen molar-refractivity contribution in [2.45, 2.75) is 23.4 Å². The van der Waals surface area contributed by atoms with Crippen LogP contribution in [0.15, 0.2) is 52.0 Å². The zero-order valence-electron chi connectivity index (χ0n) is 11.0. The second-order valence-electron chi connectivity index (χ2n) is 4.28. The molecular weight excluding hydrogens is 303 g/mol. The maximum absolute atomic E-state index is 12.2. The Labute approximate surface area is 123 Å². The lowest BCUT2D eigenvalue weighted by molar-refractivity contribution is -0.0328. The Bertz CT molecular complexity index is 594. The van der Waals surface area contributed by atoms with Gasteiger partial charge in [0.1, 0.15) is 5.76 Å². The number of furan rings is 1. The first-order valence-electron chi connectivity index (χ1n) is 6.05. The third-order valence-corrected chi connectivity index (χ3v) is 3.41. The van der Waals surface area contributed by atoms with Crippen LogP contribution in [0.3, 0.4) is 0 Å². The largest absolute Gasteiger partial charge is 0.467 e. The van der Waals surface area contributed by atoms with E-state index in [1.165, 1.54) is 30.5 Å². The van der Waals surface area contributed by atoms with Crippen molar-refractivity contribution in [1.82, 2.24) is 5.32 Å². The van der Waals surface area contributed by atoms with Crippen molar-refractivity contribution in [3.8, 4) is 0 Å². The first kappa shape index (κ1) is 15.5. The Kier molecular flexibility index (Phi) is 4.62. The number of carbonyl (C=O) groups excluding carboxylic acids is 1. The van der Waals surface area contributed by atoms with Crippen LogP contribution in [-0.2, 0) is 0 Å². The number of hydrogen-bond acceptors (Lipinski definition) is 3. The molecule has 1 aromatic carbocycles. The van der Waals surface area contributed by atoms with Gasteiger partial charge < -0.3 is 9.73 Å². The monoisotopic (exact) mass is 315 g/mol. The highest BCUT2D eigenvalue weighted by Crippen LogP contribution is 2.36. The van der Waals surface area contributed by atoms with Gasteiger partial charge in [-0.2, -0.15) is 13.2 Å². The van der Waals surface area contributed by atoms with Crippen LogP contribution in [-0.4, -0.2) is 11.4 Å². The van der Waals surface area contributed by atoms with E-state index in [9.17, 15) is 18.0 Å². The highest BCUT2D eigenvalue weighted by Gasteiger charge is 2.29. The quantitative estimate of drug-likeness (QED) is 0.851. The van der Waals surface area contributed by atoms with Gasteiger partial charge in [0.05, 0.1) is 12.3 Å². The van der Waals surface area contributed by atoms with Gasteiger partial charge in [-0.1, -0.05) is 0 Å². The minimum atomic E-state index is -4.34. The molecule has 3 nitrogen and oxygen atoms in total. The van der Waals surface area contributed by atoms with Gasteiger partial charge in [0.2, 0.25) is 0 Å². The number of rotatable bonds is 4. The third kappa shape index (κ3) is 4.56. The molecule has 0 aliphatic rings. The zero-order chi connectivity index (χ0) is 15.5. The summed E-state index contributed by atoms with van der Waals surface area (Å²) in [6, 6.07) is 8.37. The molecule has 21 heavy (non-hydrogen) atoms. The Morgan fingerprint density at radius 2 is 1.90 bits per heavy atom. The van der Waals surface area contributed by atoms with E-state index in [1.807, 2.05) is 0 Å². The van der Waals surface area contributed by atoms with Gasteiger partial charge in [0.15, 0.2) is 0 Å². The van der Waals surface area contributed by atoms with Crippen molar-refractivity contribution in [3.05, 3.63) is 54.0 Å². The molecule has 2 rings (SSSR count). The summed E-state index contributed by atoms with van der Waals surface area (Å²) < 4.78 is 41.8. The van der Waals surface area contributed by atoms with Crippen LogP contribution in [0.1, 0.15) is 29.1 Å². The number of carbonyl (C=O) groups is 1. The summed E-state index contributed by atoms with van der Waals surface area (Å²) >= 11 is -0.214. The molecule has 0 saturated carbocycles. The molecule has 1 heterocycles. The van der Waals surface area contributed by atoms with Crippen molar-refractivity contribution in [1.29, 1.82) is 0 Å². The van der Waals surface area contributed by atoms with Gasteiger partial charge >= 0.3 is 5.51 Å². The van der Waals surface area contributed by atoms with Crippen LogP contribution in [0, 0.1) is 0 Å². The first-order chi connectivity index (χ1) is 9.85. The van der Waals surface area contributed by atoms with Gasteiger partial charge in [0.25, 0.3) is 5.91 Å². The lowest BCUT2D eigenvalue weighted by atomic mass is 10.2. The molecule has 1 aromatic heterocycles. The fraction of sp³-hybridized carbons (Fsp3) is 0.214. The summed E-state index contributed by atoms with van der Waals surface area (Å²) in [5.74, 6) is 0.232. The zero-order valence-corrected chi connectivity index (χ0v) is 11.8. The third-order valence-electron chi connectivity index (χ3n) is 2.67. The van der Waals surface area contributed by atoms with Crippen LogP contribution >= 0.6 is 11.8 Å². The van der Waals surface area contributed by atoms with Crippen LogP contribution < -0.4 is 5.32 Å². The van der Waals surface area contributed by atoms with E-state index in [1.54, 1.807) is 19.1 Å². The highest BCUT2D eigenvalue weighted by atomic mass is 32.2. The summed E-state index contributed by atoms with van der Waals surface area (Å²) in [5.41, 5.74) is -4.04. The van der Waals surface area contributed by atoms with Crippen LogP contribution in [0.5, 0.6) is 0 Å². The Balaban J connectivity index is 2.00. The molecule has 1 amide bonds. The first-order valence-corrected chi connectivity index (χ1v) is 6.87. The SMILES string of the molecule is C[C@H](NC(=O)c1ccc(SC(F)(F)F)cc1)c1ccco1. The summed E-state index contributed by atoms with van der Waals surface area (Å²) in [4.78, 5) is 12.0. The number of amides is 1. The summed E-state index contributed by atoms with van der Waals surface area (Å²) in [7, 11) is 0. The predicted octanol–water partition coefficient (Wildman–Crippen LogP) is 4.38. The van der Waals surface area contributed by atoms with E-state index in [0.29, 0.717) is 11.3 Å². The molecule has 0 unspecified atom stereocenters. The van der Waals surface area contributed by atoms with E-state index >= 15 is 0 Å². The highest BCUT2D eigenvalue weighted by molar-refractivity contribution is 8.00. The van der Waals surface area contributed by atoms with Crippen LogP contribution in [0.25, 0.3) is 0 Å². The standard InChI is InChI=1S/C14H12F3NO2S/c1-9(12-3-2-8-20-12)18-13(19)10-4-6-11(7-5-10)21-14(15,16)17/h2-9H,1H3,(H,18,19)/t9-/m0/s1. The van der Waals surface area contributed by atoms with E-state index in [4.69, 9.17) is 4.42 Å².